The summed E-state index contributed by atoms with van der Waals surface area (Å²) in [6.07, 6.45) is 2.38. The Balaban J connectivity index is 2.40. The van der Waals surface area contributed by atoms with Crippen LogP contribution < -0.4 is 0 Å². The van der Waals surface area contributed by atoms with Gasteiger partial charge in [0.15, 0.2) is 0 Å². The molecule has 1 aromatic carbocycles. The van der Waals surface area contributed by atoms with Crippen LogP contribution in [-0.4, -0.2) is 47.4 Å². The smallest absolute Gasteiger partial charge is 0.255 e. The summed E-state index contributed by atoms with van der Waals surface area (Å²) in [7, 11) is 1.64. The molecule has 0 aliphatic heterocycles. The molecule has 0 unspecified atom stereocenters. The van der Waals surface area contributed by atoms with Crippen molar-refractivity contribution in [3.8, 4) is 0 Å². The van der Waals surface area contributed by atoms with Crippen LogP contribution in [0.2, 0.25) is 0 Å². The summed E-state index contributed by atoms with van der Waals surface area (Å²) >= 11 is 0. The molecule has 94 valence electrons. The van der Waals surface area contributed by atoms with E-state index in [4.69, 9.17) is 5.11 Å². The van der Waals surface area contributed by atoms with Gasteiger partial charge in [0.2, 0.25) is 0 Å². The zero-order valence-corrected chi connectivity index (χ0v) is 10.0. The van der Waals surface area contributed by atoms with Crippen molar-refractivity contribution in [2.75, 3.05) is 20.2 Å². The topological polar surface area (TPSA) is 73.4 Å². The number of aliphatic hydroxyl groups excluding tert-OH is 1. The predicted octanol–water partition coefficient (Wildman–Crippen LogP) is 1.04. The number of nitrogens with zero attached hydrogens (tertiary/aromatic N) is 1. The maximum absolute atomic E-state index is 12.1. The SMILES string of the molecule is CN(CCO)C(=O)c1c[nH]c2cc(C=O)ccc12. The highest BCUT2D eigenvalue weighted by Crippen LogP contribution is 2.20. The van der Waals surface area contributed by atoms with Crippen molar-refractivity contribution in [3.05, 3.63) is 35.5 Å². The first-order chi connectivity index (χ1) is 8.67. The van der Waals surface area contributed by atoms with Gasteiger partial charge in [0, 0.05) is 36.3 Å². The van der Waals surface area contributed by atoms with E-state index in [0.717, 1.165) is 17.2 Å². The van der Waals surface area contributed by atoms with Crippen molar-refractivity contribution in [1.29, 1.82) is 0 Å². The first-order valence-electron chi connectivity index (χ1n) is 5.60. The lowest BCUT2D eigenvalue weighted by atomic mass is 10.1. The number of benzene rings is 1. The van der Waals surface area contributed by atoms with E-state index in [1.54, 1.807) is 31.4 Å². The molecule has 0 bridgehead atoms. The lowest BCUT2D eigenvalue weighted by Crippen LogP contribution is -2.29. The van der Waals surface area contributed by atoms with Crippen molar-refractivity contribution in [1.82, 2.24) is 9.88 Å². The maximum atomic E-state index is 12.1. The number of hydrogen-bond acceptors (Lipinski definition) is 3. The number of amides is 1. The van der Waals surface area contributed by atoms with Crippen molar-refractivity contribution >= 4 is 23.1 Å². The van der Waals surface area contributed by atoms with Crippen molar-refractivity contribution in [2.45, 2.75) is 0 Å². The lowest BCUT2D eigenvalue weighted by molar-refractivity contribution is 0.0769. The standard InChI is InChI=1S/C13H14N2O3/c1-15(4-5-16)13(18)11-7-14-12-6-9(8-17)2-3-10(11)12/h2-3,6-8,14,16H,4-5H2,1H3. The van der Waals surface area contributed by atoms with Crippen LogP contribution in [0.15, 0.2) is 24.4 Å². The van der Waals surface area contributed by atoms with E-state index in [0.29, 0.717) is 11.1 Å². The van der Waals surface area contributed by atoms with E-state index in [2.05, 4.69) is 4.98 Å². The molecule has 2 aromatic rings. The lowest BCUT2D eigenvalue weighted by Gasteiger charge is -2.14. The van der Waals surface area contributed by atoms with Gasteiger partial charge >= 0.3 is 0 Å². The number of H-pyrrole nitrogens is 1. The van der Waals surface area contributed by atoms with Crippen LogP contribution >= 0.6 is 0 Å². The largest absolute Gasteiger partial charge is 0.395 e. The number of hydrogen-bond donors (Lipinski definition) is 2. The number of fused-ring (bicyclic) bond motifs is 1. The number of aldehydes is 1. The number of rotatable bonds is 4. The Hall–Kier alpha value is -2.14. The minimum atomic E-state index is -0.158. The normalized spacial score (nSPS) is 10.6. The molecule has 1 amide bonds. The Morgan fingerprint density at radius 3 is 2.94 bits per heavy atom. The van der Waals surface area contributed by atoms with Crippen molar-refractivity contribution in [2.24, 2.45) is 0 Å². The van der Waals surface area contributed by atoms with Gasteiger partial charge in [0.1, 0.15) is 6.29 Å². The second-order valence-corrected chi connectivity index (χ2v) is 4.08. The summed E-state index contributed by atoms with van der Waals surface area (Å²) in [5.41, 5.74) is 1.85. The molecule has 0 aliphatic rings. The van der Waals surface area contributed by atoms with Crippen LogP contribution in [0, 0.1) is 0 Å². The second-order valence-electron chi connectivity index (χ2n) is 4.08. The summed E-state index contributed by atoms with van der Waals surface area (Å²) in [5.74, 6) is -0.158. The molecular formula is C13H14N2O3. The number of carbonyl (C=O) groups excluding carboxylic acids is 2. The number of nitrogens with one attached hydrogen (secondary N) is 1. The van der Waals surface area contributed by atoms with Gasteiger partial charge in [-0.05, 0) is 6.07 Å². The van der Waals surface area contributed by atoms with Crippen LogP contribution in [0.25, 0.3) is 10.9 Å². The van der Waals surface area contributed by atoms with Gasteiger partial charge in [0.05, 0.1) is 12.2 Å². The third-order valence-electron chi connectivity index (χ3n) is 2.85. The molecule has 0 radical (unpaired) electrons. The number of carbonyl (C=O) groups is 2. The molecule has 0 saturated carbocycles. The van der Waals surface area contributed by atoms with Crippen LogP contribution in [0.5, 0.6) is 0 Å². The van der Waals surface area contributed by atoms with E-state index >= 15 is 0 Å². The highest BCUT2D eigenvalue weighted by Gasteiger charge is 2.15. The Morgan fingerprint density at radius 2 is 2.28 bits per heavy atom. The maximum Gasteiger partial charge on any atom is 0.255 e. The predicted molar refractivity (Wildman–Crippen MR) is 67.7 cm³/mol. The molecule has 5 nitrogen and oxygen atoms in total. The zero-order valence-electron chi connectivity index (χ0n) is 10.0. The van der Waals surface area contributed by atoms with Gasteiger partial charge in [-0.1, -0.05) is 12.1 Å². The average molecular weight is 246 g/mol. The fourth-order valence-electron chi connectivity index (χ4n) is 1.85. The summed E-state index contributed by atoms with van der Waals surface area (Å²) in [6, 6.07) is 5.12. The highest BCUT2D eigenvalue weighted by molar-refractivity contribution is 6.07. The number of aromatic amines is 1. The van der Waals surface area contributed by atoms with E-state index in [1.165, 1.54) is 4.90 Å². The minimum absolute atomic E-state index is 0.0696. The van der Waals surface area contributed by atoms with E-state index in [9.17, 15) is 9.59 Å². The molecule has 1 aromatic heterocycles. The molecule has 2 N–H and O–H groups in total. The van der Waals surface area contributed by atoms with E-state index in [-0.39, 0.29) is 19.1 Å². The summed E-state index contributed by atoms with van der Waals surface area (Å²) in [6.45, 7) is 0.220. The van der Waals surface area contributed by atoms with Crippen molar-refractivity contribution in [3.63, 3.8) is 0 Å². The summed E-state index contributed by atoms with van der Waals surface area (Å²) in [5, 5.41) is 9.60. The summed E-state index contributed by atoms with van der Waals surface area (Å²) in [4.78, 5) is 27.2. The van der Waals surface area contributed by atoms with Gasteiger partial charge in [-0.25, -0.2) is 0 Å². The van der Waals surface area contributed by atoms with Crippen LogP contribution in [-0.2, 0) is 0 Å². The van der Waals surface area contributed by atoms with E-state index < -0.39 is 0 Å². The average Bonchev–Trinajstić information content (AvgIpc) is 2.80. The van der Waals surface area contributed by atoms with Gasteiger partial charge in [-0.2, -0.15) is 0 Å². The van der Waals surface area contributed by atoms with Crippen LogP contribution in [0.4, 0.5) is 0 Å². The third-order valence-corrected chi connectivity index (χ3v) is 2.85. The molecule has 1 heterocycles. The molecule has 0 atom stereocenters. The van der Waals surface area contributed by atoms with Gasteiger partial charge in [-0.15, -0.1) is 0 Å². The summed E-state index contributed by atoms with van der Waals surface area (Å²) < 4.78 is 0. The van der Waals surface area contributed by atoms with Gasteiger partial charge in [0.25, 0.3) is 5.91 Å². The number of aliphatic hydroxyl groups is 1. The Labute approximate surface area is 104 Å². The fraction of sp³-hybridized carbons (Fsp3) is 0.231. The Kier molecular flexibility index (Phi) is 3.43. The minimum Gasteiger partial charge on any atom is -0.395 e. The Bertz CT molecular complexity index is 589. The number of likely N-dealkylation sites (N-methyl/N-ethyl adjacent to an activating group) is 1. The molecule has 5 heteroatoms. The van der Waals surface area contributed by atoms with E-state index in [1.807, 2.05) is 0 Å². The molecule has 0 fully saturated rings. The molecule has 0 spiro atoms. The zero-order chi connectivity index (χ0) is 13.1. The van der Waals surface area contributed by atoms with Crippen molar-refractivity contribution < 1.29 is 14.7 Å². The first-order valence-corrected chi connectivity index (χ1v) is 5.60. The Morgan fingerprint density at radius 1 is 1.50 bits per heavy atom. The van der Waals surface area contributed by atoms with Gasteiger partial charge < -0.3 is 15.0 Å². The molecule has 18 heavy (non-hydrogen) atoms. The second kappa shape index (κ2) is 5.01. The monoisotopic (exact) mass is 246 g/mol. The molecule has 2 rings (SSSR count). The molecule has 0 aliphatic carbocycles. The third kappa shape index (κ3) is 2.12. The molecule has 0 saturated heterocycles. The first kappa shape index (κ1) is 12.3. The molecular weight excluding hydrogens is 232 g/mol. The fourth-order valence-corrected chi connectivity index (χ4v) is 1.85. The highest BCUT2D eigenvalue weighted by atomic mass is 16.3. The quantitative estimate of drug-likeness (QED) is 0.792. The van der Waals surface area contributed by atoms with Crippen LogP contribution in [0.1, 0.15) is 20.7 Å². The van der Waals surface area contributed by atoms with Gasteiger partial charge in [-0.3, -0.25) is 9.59 Å². The van der Waals surface area contributed by atoms with Crippen LogP contribution in [0.3, 0.4) is 0 Å². The number of aromatic nitrogens is 1.